The van der Waals surface area contributed by atoms with Crippen LogP contribution < -0.4 is 5.73 Å². The van der Waals surface area contributed by atoms with Gasteiger partial charge in [0.1, 0.15) is 0 Å². The number of anilines is 1. The van der Waals surface area contributed by atoms with Crippen LogP contribution >= 0.6 is 0 Å². The van der Waals surface area contributed by atoms with Crippen molar-refractivity contribution in [3.8, 4) is 0 Å². The van der Waals surface area contributed by atoms with Crippen LogP contribution in [0.5, 0.6) is 0 Å². The molecule has 1 heterocycles. The molecule has 0 spiro atoms. The standard InChI is InChI=1S/C12H7NO3/c13-9-5-8-10(12(15)16-11(8)14)7-4-2-1-3-6(7)9/h1-5H,13H2. The maximum Gasteiger partial charge on any atom is 0.347 e. The van der Waals surface area contributed by atoms with Gasteiger partial charge in [0, 0.05) is 11.1 Å². The van der Waals surface area contributed by atoms with Gasteiger partial charge in [0.25, 0.3) is 0 Å². The second-order valence-electron chi connectivity index (χ2n) is 3.61. The summed E-state index contributed by atoms with van der Waals surface area (Å²) < 4.78 is 4.56. The van der Waals surface area contributed by atoms with Crippen molar-refractivity contribution in [2.45, 2.75) is 0 Å². The number of ether oxygens (including phenoxy) is 1. The van der Waals surface area contributed by atoms with E-state index in [4.69, 9.17) is 5.73 Å². The minimum absolute atomic E-state index is 0.251. The summed E-state index contributed by atoms with van der Waals surface area (Å²) in [7, 11) is 0. The average molecular weight is 213 g/mol. The first kappa shape index (κ1) is 8.91. The Labute approximate surface area is 90.6 Å². The van der Waals surface area contributed by atoms with E-state index in [1.165, 1.54) is 6.07 Å². The minimum atomic E-state index is -0.627. The van der Waals surface area contributed by atoms with E-state index in [9.17, 15) is 9.59 Å². The van der Waals surface area contributed by atoms with E-state index >= 15 is 0 Å². The highest BCUT2D eigenvalue weighted by atomic mass is 16.6. The summed E-state index contributed by atoms with van der Waals surface area (Å²) in [4.78, 5) is 22.9. The fourth-order valence-corrected chi connectivity index (χ4v) is 1.97. The molecule has 78 valence electrons. The third kappa shape index (κ3) is 0.982. The Hall–Kier alpha value is -2.36. The zero-order valence-corrected chi connectivity index (χ0v) is 8.19. The number of carbonyl (C=O) groups excluding carboxylic acids is 2. The molecule has 0 amide bonds. The van der Waals surface area contributed by atoms with Gasteiger partial charge in [-0.05, 0) is 11.5 Å². The lowest BCUT2D eigenvalue weighted by molar-refractivity contribution is 0.0444. The summed E-state index contributed by atoms with van der Waals surface area (Å²) in [6.45, 7) is 0. The monoisotopic (exact) mass is 213 g/mol. The van der Waals surface area contributed by atoms with Gasteiger partial charge >= 0.3 is 11.9 Å². The summed E-state index contributed by atoms with van der Waals surface area (Å²) in [5.41, 5.74) is 6.86. The van der Waals surface area contributed by atoms with Gasteiger partial charge in [-0.25, -0.2) is 9.59 Å². The Morgan fingerprint density at radius 2 is 1.69 bits per heavy atom. The highest BCUT2D eigenvalue weighted by Crippen LogP contribution is 2.32. The van der Waals surface area contributed by atoms with E-state index in [1.54, 1.807) is 18.2 Å². The van der Waals surface area contributed by atoms with Gasteiger partial charge in [0.15, 0.2) is 0 Å². The fraction of sp³-hybridized carbons (Fsp3) is 0. The molecule has 0 bridgehead atoms. The SMILES string of the molecule is Nc1cc2c(c3ccccc13)C(=O)OC2=O. The Kier molecular flexibility index (Phi) is 1.57. The number of benzene rings is 2. The lowest BCUT2D eigenvalue weighted by atomic mass is 9.99. The number of carbonyl (C=O) groups is 2. The summed E-state index contributed by atoms with van der Waals surface area (Å²) in [5.74, 6) is -1.23. The van der Waals surface area contributed by atoms with Crippen LogP contribution in [0.1, 0.15) is 20.7 Å². The predicted molar refractivity (Wildman–Crippen MR) is 58.1 cm³/mol. The van der Waals surface area contributed by atoms with E-state index < -0.39 is 11.9 Å². The number of hydrogen-bond donors (Lipinski definition) is 1. The first-order valence-electron chi connectivity index (χ1n) is 4.76. The second-order valence-corrected chi connectivity index (χ2v) is 3.61. The molecule has 2 aromatic rings. The van der Waals surface area contributed by atoms with Crippen molar-refractivity contribution in [3.05, 3.63) is 41.5 Å². The quantitative estimate of drug-likeness (QED) is 0.411. The molecule has 0 aliphatic carbocycles. The normalized spacial score (nSPS) is 14.0. The molecule has 3 rings (SSSR count). The highest BCUT2D eigenvalue weighted by molar-refractivity contribution is 6.22. The molecule has 0 unspecified atom stereocenters. The summed E-state index contributed by atoms with van der Waals surface area (Å²) in [6.07, 6.45) is 0. The molecule has 16 heavy (non-hydrogen) atoms. The molecule has 1 aliphatic rings. The molecule has 4 heteroatoms. The van der Waals surface area contributed by atoms with Gasteiger partial charge in [-0.2, -0.15) is 0 Å². The third-order valence-electron chi connectivity index (χ3n) is 2.69. The molecule has 0 radical (unpaired) electrons. The Morgan fingerprint density at radius 3 is 2.44 bits per heavy atom. The van der Waals surface area contributed by atoms with Gasteiger partial charge in [-0.1, -0.05) is 24.3 Å². The summed E-state index contributed by atoms with van der Waals surface area (Å²) in [5, 5.41) is 1.42. The number of cyclic esters (lactones) is 2. The van der Waals surface area contributed by atoms with Crippen LogP contribution in [0.2, 0.25) is 0 Å². The van der Waals surface area contributed by atoms with Gasteiger partial charge in [-0.15, -0.1) is 0 Å². The van der Waals surface area contributed by atoms with Gasteiger partial charge < -0.3 is 10.5 Å². The van der Waals surface area contributed by atoms with Crippen LogP contribution in [0.3, 0.4) is 0 Å². The van der Waals surface area contributed by atoms with Crippen molar-refractivity contribution in [1.82, 2.24) is 0 Å². The van der Waals surface area contributed by atoms with Crippen molar-refractivity contribution in [2.24, 2.45) is 0 Å². The lowest BCUT2D eigenvalue weighted by Crippen LogP contribution is -1.97. The number of nitrogens with two attached hydrogens (primary N) is 1. The molecule has 1 aliphatic heterocycles. The van der Waals surface area contributed by atoms with Crippen LogP contribution in [0.4, 0.5) is 5.69 Å². The predicted octanol–water partition coefficient (Wildman–Crippen LogP) is 1.73. The molecule has 2 N–H and O–H groups in total. The topological polar surface area (TPSA) is 69.4 Å². The average Bonchev–Trinajstić information content (AvgIpc) is 2.55. The smallest absolute Gasteiger partial charge is 0.347 e. The second kappa shape index (κ2) is 2.82. The minimum Gasteiger partial charge on any atom is -0.398 e. The van der Waals surface area contributed by atoms with E-state index in [0.717, 1.165) is 5.39 Å². The largest absolute Gasteiger partial charge is 0.398 e. The van der Waals surface area contributed by atoms with Gasteiger partial charge in [-0.3, -0.25) is 0 Å². The molecule has 0 saturated carbocycles. The van der Waals surface area contributed by atoms with Crippen molar-refractivity contribution >= 4 is 28.4 Å². The zero-order chi connectivity index (χ0) is 11.3. The molecule has 0 atom stereocenters. The summed E-state index contributed by atoms with van der Waals surface area (Å²) >= 11 is 0. The lowest BCUT2D eigenvalue weighted by Gasteiger charge is -2.04. The summed E-state index contributed by atoms with van der Waals surface area (Å²) in [6, 6.07) is 8.67. The molecule has 4 nitrogen and oxygen atoms in total. The number of rotatable bonds is 0. The molecular formula is C12H7NO3. The van der Waals surface area contributed by atoms with Crippen molar-refractivity contribution < 1.29 is 14.3 Å². The number of nitrogen functional groups attached to an aromatic ring is 1. The van der Waals surface area contributed by atoms with Crippen LogP contribution in [-0.4, -0.2) is 11.9 Å². The van der Waals surface area contributed by atoms with Crippen molar-refractivity contribution in [3.63, 3.8) is 0 Å². The van der Waals surface area contributed by atoms with E-state index in [2.05, 4.69) is 4.74 Å². The Morgan fingerprint density at radius 1 is 1.00 bits per heavy atom. The number of esters is 2. The van der Waals surface area contributed by atoms with Crippen molar-refractivity contribution in [2.75, 3.05) is 5.73 Å². The van der Waals surface area contributed by atoms with Gasteiger partial charge in [0.05, 0.1) is 11.1 Å². The first-order chi connectivity index (χ1) is 7.68. The van der Waals surface area contributed by atoms with E-state index in [1.807, 2.05) is 6.07 Å². The molecule has 0 fully saturated rings. The fourth-order valence-electron chi connectivity index (χ4n) is 1.97. The van der Waals surface area contributed by atoms with E-state index in [-0.39, 0.29) is 5.56 Å². The molecule has 0 saturated heterocycles. The maximum atomic E-state index is 11.5. The van der Waals surface area contributed by atoms with Crippen LogP contribution in [0.15, 0.2) is 30.3 Å². The van der Waals surface area contributed by atoms with E-state index in [0.29, 0.717) is 16.6 Å². The highest BCUT2D eigenvalue weighted by Gasteiger charge is 2.32. The van der Waals surface area contributed by atoms with Crippen LogP contribution in [-0.2, 0) is 4.74 Å². The third-order valence-corrected chi connectivity index (χ3v) is 2.69. The Balaban J connectivity index is 2.53. The van der Waals surface area contributed by atoms with Crippen LogP contribution in [0, 0.1) is 0 Å². The first-order valence-corrected chi connectivity index (χ1v) is 4.76. The molecule has 2 aromatic carbocycles. The van der Waals surface area contributed by atoms with Crippen molar-refractivity contribution in [1.29, 1.82) is 0 Å². The number of hydrogen-bond acceptors (Lipinski definition) is 4. The maximum absolute atomic E-state index is 11.5. The van der Waals surface area contributed by atoms with Gasteiger partial charge in [0.2, 0.25) is 0 Å². The Bertz CT molecular complexity index is 646. The van der Waals surface area contributed by atoms with Crippen LogP contribution in [0.25, 0.3) is 10.8 Å². The molecule has 0 aromatic heterocycles. The zero-order valence-electron chi connectivity index (χ0n) is 8.19. The number of fused-ring (bicyclic) bond motifs is 3. The molecular weight excluding hydrogens is 206 g/mol.